The number of benzene rings is 1. The summed E-state index contributed by atoms with van der Waals surface area (Å²) in [4.78, 5) is 0. The summed E-state index contributed by atoms with van der Waals surface area (Å²) in [6.45, 7) is 2.89. The fourth-order valence-electron chi connectivity index (χ4n) is 2.92. The van der Waals surface area contributed by atoms with Gasteiger partial charge in [0.15, 0.2) is 11.6 Å². The first-order valence-electron chi connectivity index (χ1n) is 7.37. The van der Waals surface area contributed by atoms with E-state index in [9.17, 15) is 4.39 Å². The highest BCUT2D eigenvalue weighted by atomic mass is 19.1. The standard InChI is InChI=1S/C16H24FNO/c1-12(14-6-4-2-3-5-7-14)18-11-13-8-9-16(19)15(17)10-13/h8-10,12,14,18-19H,2-7,11H2,1H3/t12-/m0/s1. The van der Waals surface area contributed by atoms with Gasteiger partial charge in [-0.15, -0.1) is 0 Å². The molecule has 0 amide bonds. The van der Waals surface area contributed by atoms with Crippen molar-refractivity contribution < 1.29 is 9.50 Å². The first kappa shape index (κ1) is 14.3. The molecule has 0 unspecified atom stereocenters. The molecule has 0 aliphatic heterocycles. The largest absolute Gasteiger partial charge is 0.505 e. The third kappa shape index (κ3) is 4.20. The second-order valence-corrected chi connectivity index (χ2v) is 5.71. The molecule has 106 valence electrons. The first-order chi connectivity index (χ1) is 9.16. The van der Waals surface area contributed by atoms with E-state index in [1.807, 2.05) is 0 Å². The Balaban J connectivity index is 1.84. The quantitative estimate of drug-likeness (QED) is 0.807. The summed E-state index contributed by atoms with van der Waals surface area (Å²) in [6, 6.07) is 5.06. The first-order valence-corrected chi connectivity index (χ1v) is 7.37. The number of phenolic OH excluding ortho intramolecular Hbond substituents is 1. The molecule has 0 saturated heterocycles. The van der Waals surface area contributed by atoms with Crippen LogP contribution in [0.25, 0.3) is 0 Å². The minimum Gasteiger partial charge on any atom is -0.505 e. The van der Waals surface area contributed by atoms with Crippen molar-refractivity contribution in [3.63, 3.8) is 0 Å². The van der Waals surface area contributed by atoms with E-state index in [-0.39, 0.29) is 5.75 Å². The number of aromatic hydroxyl groups is 1. The summed E-state index contributed by atoms with van der Waals surface area (Å²) in [5, 5.41) is 12.7. The normalized spacial score (nSPS) is 19.1. The van der Waals surface area contributed by atoms with Gasteiger partial charge in [0.2, 0.25) is 0 Å². The topological polar surface area (TPSA) is 32.3 Å². The van der Waals surface area contributed by atoms with Crippen LogP contribution in [0.3, 0.4) is 0 Å². The molecular weight excluding hydrogens is 241 g/mol. The van der Waals surface area contributed by atoms with Crippen LogP contribution in [0.2, 0.25) is 0 Å². The van der Waals surface area contributed by atoms with Gasteiger partial charge in [0, 0.05) is 12.6 Å². The van der Waals surface area contributed by atoms with Crippen LogP contribution < -0.4 is 5.32 Å². The Morgan fingerprint density at radius 1 is 1.26 bits per heavy atom. The molecule has 1 aromatic carbocycles. The SMILES string of the molecule is C[C@H](NCc1ccc(O)c(F)c1)C1CCCCCC1. The Morgan fingerprint density at radius 2 is 1.95 bits per heavy atom. The van der Waals surface area contributed by atoms with Gasteiger partial charge in [-0.3, -0.25) is 0 Å². The molecular formula is C16H24FNO. The molecule has 0 bridgehead atoms. The molecule has 1 atom stereocenters. The minimum absolute atomic E-state index is 0.277. The van der Waals surface area contributed by atoms with Crippen LogP contribution in [0, 0.1) is 11.7 Å². The van der Waals surface area contributed by atoms with Gasteiger partial charge in [-0.1, -0.05) is 31.7 Å². The van der Waals surface area contributed by atoms with Gasteiger partial charge in [0.05, 0.1) is 0 Å². The van der Waals surface area contributed by atoms with E-state index in [0.717, 1.165) is 11.5 Å². The van der Waals surface area contributed by atoms with Crippen molar-refractivity contribution in [2.45, 2.75) is 58.0 Å². The van der Waals surface area contributed by atoms with E-state index in [1.54, 1.807) is 6.07 Å². The Labute approximate surface area is 115 Å². The molecule has 1 aromatic rings. The molecule has 0 aromatic heterocycles. The molecule has 0 heterocycles. The van der Waals surface area contributed by atoms with Crippen molar-refractivity contribution in [3.8, 4) is 5.75 Å². The third-order valence-corrected chi connectivity index (χ3v) is 4.25. The maximum Gasteiger partial charge on any atom is 0.165 e. The summed E-state index contributed by atoms with van der Waals surface area (Å²) < 4.78 is 13.2. The number of hydrogen-bond donors (Lipinski definition) is 2. The Morgan fingerprint density at radius 3 is 2.58 bits per heavy atom. The third-order valence-electron chi connectivity index (χ3n) is 4.25. The number of rotatable bonds is 4. The average Bonchev–Trinajstić information content (AvgIpc) is 2.69. The van der Waals surface area contributed by atoms with Crippen LogP contribution in [0.4, 0.5) is 4.39 Å². The predicted octanol–water partition coefficient (Wildman–Crippen LogP) is 3.98. The lowest BCUT2D eigenvalue weighted by molar-refractivity contribution is 0.336. The van der Waals surface area contributed by atoms with Crippen LogP contribution in [0.1, 0.15) is 51.0 Å². The van der Waals surface area contributed by atoms with Crippen LogP contribution in [-0.4, -0.2) is 11.1 Å². The molecule has 1 fully saturated rings. The lowest BCUT2D eigenvalue weighted by atomic mass is 9.93. The van der Waals surface area contributed by atoms with Crippen molar-refractivity contribution >= 4 is 0 Å². The predicted molar refractivity (Wildman–Crippen MR) is 75.6 cm³/mol. The molecule has 3 heteroatoms. The number of hydrogen-bond acceptors (Lipinski definition) is 2. The van der Waals surface area contributed by atoms with Gasteiger partial charge in [-0.25, -0.2) is 4.39 Å². The van der Waals surface area contributed by atoms with E-state index in [1.165, 1.54) is 50.7 Å². The van der Waals surface area contributed by atoms with Crippen molar-refractivity contribution in [3.05, 3.63) is 29.6 Å². The van der Waals surface area contributed by atoms with E-state index >= 15 is 0 Å². The van der Waals surface area contributed by atoms with E-state index in [2.05, 4.69) is 12.2 Å². The zero-order valence-corrected chi connectivity index (χ0v) is 11.7. The summed E-state index contributed by atoms with van der Waals surface area (Å²) in [6.07, 6.45) is 8.02. The van der Waals surface area contributed by atoms with Gasteiger partial charge in [-0.05, 0) is 43.4 Å². The van der Waals surface area contributed by atoms with E-state index < -0.39 is 5.82 Å². The molecule has 2 rings (SSSR count). The Hall–Kier alpha value is -1.09. The molecule has 2 nitrogen and oxygen atoms in total. The summed E-state index contributed by atoms with van der Waals surface area (Å²) in [5.74, 6) is -0.0774. The van der Waals surface area contributed by atoms with Crippen molar-refractivity contribution in [1.82, 2.24) is 5.32 Å². The van der Waals surface area contributed by atoms with Gasteiger partial charge >= 0.3 is 0 Å². The van der Waals surface area contributed by atoms with Gasteiger partial charge in [0.1, 0.15) is 0 Å². The Bertz CT molecular complexity index is 400. The lowest BCUT2D eigenvalue weighted by Crippen LogP contribution is -2.32. The van der Waals surface area contributed by atoms with Crippen LogP contribution >= 0.6 is 0 Å². The van der Waals surface area contributed by atoms with E-state index in [0.29, 0.717) is 12.6 Å². The van der Waals surface area contributed by atoms with Gasteiger partial charge in [-0.2, -0.15) is 0 Å². The number of halogens is 1. The zero-order valence-electron chi connectivity index (χ0n) is 11.7. The maximum absolute atomic E-state index is 13.2. The van der Waals surface area contributed by atoms with Gasteiger partial charge < -0.3 is 10.4 Å². The molecule has 2 N–H and O–H groups in total. The summed E-state index contributed by atoms with van der Waals surface area (Å²) >= 11 is 0. The van der Waals surface area contributed by atoms with Crippen LogP contribution in [-0.2, 0) is 6.54 Å². The van der Waals surface area contributed by atoms with Crippen molar-refractivity contribution in [1.29, 1.82) is 0 Å². The average molecular weight is 265 g/mol. The fourth-order valence-corrected chi connectivity index (χ4v) is 2.92. The second-order valence-electron chi connectivity index (χ2n) is 5.71. The fraction of sp³-hybridized carbons (Fsp3) is 0.625. The van der Waals surface area contributed by atoms with Crippen molar-refractivity contribution in [2.24, 2.45) is 5.92 Å². The van der Waals surface area contributed by atoms with E-state index in [4.69, 9.17) is 5.11 Å². The second kappa shape index (κ2) is 6.90. The van der Waals surface area contributed by atoms with Crippen LogP contribution in [0.15, 0.2) is 18.2 Å². The molecule has 1 aliphatic carbocycles. The van der Waals surface area contributed by atoms with Crippen molar-refractivity contribution in [2.75, 3.05) is 0 Å². The summed E-state index contributed by atoms with van der Waals surface area (Å²) in [7, 11) is 0. The maximum atomic E-state index is 13.2. The van der Waals surface area contributed by atoms with Crippen LogP contribution in [0.5, 0.6) is 5.75 Å². The Kier molecular flexibility index (Phi) is 5.20. The monoisotopic (exact) mass is 265 g/mol. The molecule has 1 aliphatic rings. The smallest absolute Gasteiger partial charge is 0.165 e. The zero-order chi connectivity index (χ0) is 13.7. The molecule has 19 heavy (non-hydrogen) atoms. The number of phenols is 1. The van der Waals surface area contributed by atoms with Gasteiger partial charge in [0.25, 0.3) is 0 Å². The highest BCUT2D eigenvalue weighted by Crippen LogP contribution is 2.25. The highest BCUT2D eigenvalue weighted by molar-refractivity contribution is 5.27. The highest BCUT2D eigenvalue weighted by Gasteiger charge is 2.18. The molecule has 0 radical (unpaired) electrons. The summed E-state index contributed by atoms with van der Waals surface area (Å²) in [5.41, 5.74) is 0.885. The number of nitrogens with one attached hydrogen (secondary N) is 1. The lowest BCUT2D eigenvalue weighted by Gasteiger charge is -2.23. The molecule has 0 spiro atoms. The molecule has 1 saturated carbocycles. The minimum atomic E-state index is -0.540.